The second-order valence-corrected chi connectivity index (χ2v) is 2.55. The Hall–Kier alpha value is -1.49. The molecule has 0 aromatic heterocycles. The fourth-order valence-corrected chi connectivity index (χ4v) is 0.846. The minimum atomic E-state index is -0.630. The molecule has 0 saturated heterocycles. The van der Waals surface area contributed by atoms with Crippen molar-refractivity contribution in [2.24, 2.45) is 0 Å². The predicted molar refractivity (Wildman–Crippen MR) is 45.8 cm³/mol. The molecule has 0 radical (unpaired) electrons. The maximum atomic E-state index is 8.95. The molecule has 0 spiro atoms. The van der Waals surface area contributed by atoms with E-state index in [1.54, 1.807) is 0 Å². The molecule has 0 amide bonds. The van der Waals surface area contributed by atoms with Gasteiger partial charge in [-0.15, -0.1) is 0 Å². The minimum absolute atomic E-state index is 0.0813. The number of aromatic hydroxyl groups is 3. The van der Waals surface area contributed by atoms with E-state index in [9.17, 15) is 0 Å². The molecular weight excluding hydrogens is 180 g/mol. The maximum absolute atomic E-state index is 8.95. The molecule has 0 aliphatic rings. The Kier molecular flexibility index (Phi) is 2.05. The fourth-order valence-electron chi connectivity index (χ4n) is 0.728. The summed E-state index contributed by atoms with van der Waals surface area (Å²) in [6.07, 6.45) is 0. The van der Waals surface area contributed by atoms with Crippen molar-refractivity contribution in [2.75, 3.05) is 0 Å². The zero-order chi connectivity index (χ0) is 9.30. The van der Waals surface area contributed by atoms with Gasteiger partial charge in [-0.2, -0.15) is 0 Å². The summed E-state index contributed by atoms with van der Waals surface area (Å²) >= 11 is 4.38. The van der Waals surface area contributed by atoms with Gasteiger partial charge in [0.2, 0.25) is 0 Å². The number of phenols is 3. The summed E-state index contributed by atoms with van der Waals surface area (Å²) in [6.45, 7) is 0. The molecule has 0 aliphatic heterocycles. The lowest BCUT2D eigenvalue weighted by Crippen LogP contribution is -1.93. The van der Waals surface area contributed by atoms with Crippen LogP contribution in [-0.4, -0.2) is 25.5 Å². The number of benzene rings is 1. The van der Waals surface area contributed by atoms with Crippen LogP contribution in [0.2, 0.25) is 0 Å². The summed E-state index contributed by atoms with van der Waals surface area (Å²) in [5.74, 6) is -1.68. The number of thiocarbonyl (C=S) groups is 1. The number of hydrogen-bond acceptors (Lipinski definition) is 4. The van der Waals surface area contributed by atoms with E-state index in [4.69, 9.17) is 20.4 Å². The average molecular weight is 186 g/mol. The van der Waals surface area contributed by atoms with E-state index in [0.29, 0.717) is 0 Å². The smallest absolute Gasteiger partial charge is 0.200 e. The number of hydrogen-bond donors (Lipinski definition) is 4. The van der Waals surface area contributed by atoms with Crippen LogP contribution in [0.4, 0.5) is 0 Å². The summed E-state index contributed by atoms with van der Waals surface area (Å²) in [7, 11) is 0. The maximum Gasteiger partial charge on any atom is 0.200 e. The van der Waals surface area contributed by atoms with E-state index in [1.165, 1.54) is 0 Å². The van der Waals surface area contributed by atoms with Crippen LogP contribution in [0, 0.1) is 0 Å². The summed E-state index contributed by atoms with van der Waals surface area (Å²) in [6, 6.07) is 2.11. The molecule has 64 valence electrons. The summed E-state index contributed by atoms with van der Waals surface area (Å²) in [4.78, 5) is 0. The third-order valence-electron chi connectivity index (χ3n) is 1.32. The first-order valence-electron chi connectivity index (χ1n) is 3.00. The predicted octanol–water partition coefficient (Wildman–Crippen LogP) is 1.04. The Morgan fingerprint density at radius 3 is 1.83 bits per heavy atom. The quantitative estimate of drug-likeness (QED) is 0.389. The van der Waals surface area contributed by atoms with Gasteiger partial charge in [0.25, 0.3) is 0 Å². The van der Waals surface area contributed by atoms with Crippen LogP contribution < -0.4 is 0 Å². The van der Waals surface area contributed by atoms with Crippen LogP contribution in [0.5, 0.6) is 17.2 Å². The molecular formula is C7H6O4S. The van der Waals surface area contributed by atoms with Crippen molar-refractivity contribution < 1.29 is 20.4 Å². The van der Waals surface area contributed by atoms with E-state index < -0.39 is 22.3 Å². The molecule has 1 rings (SSSR count). The molecule has 1 aromatic rings. The van der Waals surface area contributed by atoms with Gasteiger partial charge >= 0.3 is 0 Å². The molecule has 12 heavy (non-hydrogen) atoms. The molecule has 0 heterocycles. The van der Waals surface area contributed by atoms with Crippen molar-refractivity contribution in [1.29, 1.82) is 0 Å². The lowest BCUT2D eigenvalue weighted by molar-refractivity contribution is 0.367. The summed E-state index contributed by atoms with van der Waals surface area (Å²) < 4.78 is 0. The van der Waals surface area contributed by atoms with Gasteiger partial charge in [0.1, 0.15) is 0 Å². The second-order valence-electron chi connectivity index (χ2n) is 2.17. The van der Waals surface area contributed by atoms with Crippen molar-refractivity contribution in [3.8, 4) is 17.2 Å². The van der Waals surface area contributed by atoms with Crippen LogP contribution in [0.15, 0.2) is 12.1 Å². The highest BCUT2D eigenvalue weighted by Crippen LogP contribution is 2.35. The SMILES string of the molecule is OC(=S)c1cc(O)c(O)c(O)c1. The lowest BCUT2D eigenvalue weighted by atomic mass is 10.2. The molecule has 4 N–H and O–H groups in total. The van der Waals surface area contributed by atoms with Gasteiger partial charge in [0.05, 0.1) is 0 Å². The Morgan fingerprint density at radius 1 is 1.08 bits per heavy atom. The van der Waals surface area contributed by atoms with Gasteiger partial charge in [0.15, 0.2) is 22.3 Å². The topological polar surface area (TPSA) is 80.9 Å². The van der Waals surface area contributed by atoms with Crippen LogP contribution in [0.25, 0.3) is 0 Å². The van der Waals surface area contributed by atoms with Crippen molar-refractivity contribution in [3.05, 3.63) is 17.7 Å². The van der Waals surface area contributed by atoms with Crippen molar-refractivity contribution >= 4 is 17.3 Å². The molecule has 0 unspecified atom stereocenters. The number of phenolic OH excluding ortho intramolecular Hbond substituents is 3. The molecule has 0 atom stereocenters. The van der Waals surface area contributed by atoms with Crippen LogP contribution in [0.3, 0.4) is 0 Å². The molecule has 0 aliphatic carbocycles. The Balaban J connectivity index is 3.31. The van der Waals surface area contributed by atoms with Gasteiger partial charge in [-0.05, 0) is 24.4 Å². The van der Waals surface area contributed by atoms with E-state index in [1.807, 2.05) is 0 Å². The molecule has 5 heteroatoms. The van der Waals surface area contributed by atoms with Gasteiger partial charge in [0, 0.05) is 5.56 Å². The lowest BCUT2D eigenvalue weighted by Gasteiger charge is -2.02. The first kappa shape index (κ1) is 8.61. The molecule has 0 fully saturated rings. The Morgan fingerprint density at radius 2 is 1.50 bits per heavy atom. The van der Waals surface area contributed by atoms with E-state index >= 15 is 0 Å². The zero-order valence-electron chi connectivity index (χ0n) is 5.85. The fraction of sp³-hybridized carbons (Fsp3) is 0. The molecule has 4 nitrogen and oxygen atoms in total. The number of aliphatic hydroxyl groups excluding tert-OH is 1. The average Bonchev–Trinajstić information content (AvgIpc) is 1.99. The van der Waals surface area contributed by atoms with E-state index in [2.05, 4.69) is 12.2 Å². The number of aliphatic hydroxyl groups is 1. The highest BCUT2D eigenvalue weighted by atomic mass is 32.1. The third-order valence-corrected chi connectivity index (χ3v) is 1.55. The summed E-state index contributed by atoms with van der Waals surface area (Å²) in [5, 5.41) is 35.1. The van der Waals surface area contributed by atoms with Crippen LogP contribution in [-0.2, 0) is 0 Å². The van der Waals surface area contributed by atoms with Gasteiger partial charge in [-0.3, -0.25) is 0 Å². The van der Waals surface area contributed by atoms with Crippen LogP contribution in [0.1, 0.15) is 5.56 Å². The van der Waals surface area contributed by atoms with Crippen LogP contribution >= 0.6 is 12.2 Å². The molecule has 0 bridgehead atoms. The van der Waals surface area contributed by atoms with E-state index in [-0.39, 0.29) is 5.56 Å². The molecule has 0 saturated carbocycles. The highest BCUT2D eigenvalue weighted by molar-refractivity contribution is 7.80. The van der Waals surface area contributed by atoms with Gasteiger partial charge < -0.3 is 20.4 Å². The monoisotopic (exact) mass is 186 g/mol. The van der Waals surface area contributed by atoms with Gasteiger partial charge in [-0.1, -0.05) is 0 Å². The van der Waals surface area contributed by atoms with E-state index in [0.717, 1.165) is 12.1 Å². The van der Waals surface area contributed by atoms with Gasteiger partial charge in [-0.25, -0.2) is 0 Å². The number of rotatable bonds is 1. The largest absolute Gasteiger partial charge is 0.504 e. The third kappa shape index (κ3) is 1.40. The highest BCUT2D eigenvalue weighted by Gasteiger charge is 2.09. The minimum Gasteiger partial charge on any atom is -0.504 e. The standard InChI is InChI=1S/C7H6O4S/c8-4-1-3(7(11)12)2-5(9)6(4)10/h1-2,8-10H,(H,11,12). The first-order valence-corrected chi connectivity index (χ1v) is 3.41. The normalized spacial score (nSPS) is 9.67. The second kappa shape index (κ2) is 2.86. The first-order chi connectivity index (χ1) is 5.52. The zero-order valence-corrected chi connectivity index (χ0v) is 6.67. The summed E-state index contributed by atoms with van der Waals surface area (Å²) in [5.41, 5.74) is 0.0813. The Bertz CT molecular complexity index is 311. The van der Waals surface area contributed by atoms with Crippen molar-refractivity contribution in [1.82, 2.24) is 0 Å². The van der Waals surface area contributed by atoms with Crippen molar-refractivity contribution in [2.45, 2.75) is 0 Å². The van der Waals surface area contributed by atoms with Crippen molar-refractivity contribution in [3.63, 3.8) is 0 Å². The molecule has 1 aromatic carbocycles. The Labute approximate surface area is 73.3 Å².